The van der Waals surface area contributed by atoms with Crippen molar-refractivity contribution in [3.8, 4) is 0 Å². The van der Waals surface area contributed by atoms with E-state index in [2.05, 4.69) is 6.92 Å². The van der Waals surface area contributed by atoms with Crippen LogP contribution in [-0.4, -0.2) is 21.8 Å². The Labute approximate surface area is 122 Å². The molecule has 1 saturated heterocycles. The molecule has 1 aliphatic heterocycles. The lowest BCUT2D eigenvalue weighted by Crippen LogP contribution is -2.19. The van der Waals surface area contributed by atoms with Gasteiger partial charge in [0.1, 0.15) is 0 Å². The first-order valence-corrected chi connectivity index (χ1v) is 7.35. The van der Waals surface area contributed by atoms with Crippen molar-refractivity contribution in [2.45, 2.75) is 24.8 Å². The monoisotopic (exact) mass is 294 g/mol. The van der Waals surface area contributed by atoms with Crippen molar-refractivity contribution >= 4 is 22.6 Å². The fraction of sp³-hybridized carbons (Fsp3) is 0.533. The maximum Gasteiger partial charge on any atom is 0.328 e. The Bertz CT molecular complexity index is 704. The number of fused-ring (bicyclic) bond motifs is 1. The van der Waals surface area contributed by atoms with E-state index >= 15 is 0 Å². The molecule has 1 fully saturated rings. The third-order valence-corrected chi connectivity index (χ3v) is 5.00. The Balaban J connectivity index is 2.05. The average Bonchev–Trinajstić information content (AvgIpc) is 2.97. The predicted molar refractivity (Wildman–Crippen MR) is 80.3 cm³/mol. The van der Waals surface area contributed by atoms with Gasteiger partial charge in [-0.25, -0.2) is 4.79 Å². The summed E-state index contributed by atoms with van der Waals surface area (Å²) in [5, 5.41) is -0.0767. The van der Waals surface area contributed by atoms with Gasteiger partial charge in [-0.2, -0.15) is 0 Å². The van der Waals surface area contributed by atoms with Crippen molar-refractivity contribution in [1.82, 2.24) is 9.13 Å². The van der Waals surface area contributed by atoms with E-state index in [0.29, 0.717) is 5.92 Å². The van der Waals surface area contributed by atoms with Crippen LogP contribution in [0.1, 0.15) is 24.3 Å². The van der Waals surface area contributed by atoms with Gasteiger partial charge in [-0.3, -0.25) is 9.13 Å². The number of hydrogen-bond donors (Lipinski definition) is 0. The number of aromatic nitrogens is 2. The molecule has 20 heavy (non-hydrogen) atoms. The number of imidazole rings is 1. The van der Waals surface area contributed by atoms with Gasteiger partial charge in [0.15, 0.2) is 0 Å². The number of rotatable bonds is 2. The normalized spacial score (nSPS) is 24.4. The minimum Gasteiger partial charge on any atom is -0.378 e. The molecule has 4 nitrogen and oxygen atoms in total. The Morgan fingerprint density at radius 3 is 2.65 bits per heavy atom. The number of halogens is 1. The fourth-order valence-electron chi connectivity index (χ4n) is 3.08. The number of alkyl halides is 1. The lowest BCUT2D eigenvalue weighted by Gasteiger charge is -2.20. The van der Waals surface area contributed by atoms with Gasteiger partial charge in [-0.1, -0.05) is 6.07 Å². The highest BCUT2D eigenvalue weighted by Crippen LogP contribution is 2.38. The van der Waals surface area contributed by atoms with Gasteiger partial charge in [-0.15, -0.1) is 11.6 Å². The summed E-state index contributed by atoms with van der Waals surface area (Å²) in [7, 11) is 3.58. The van der Waals surface area contributed by atoms with E-state index in [1.807, 2.05) is 18.2 Å². The molecule has 0 bridgehead atoms. The second kappa shape index (κ2) is 4.93. The number of aryl methyl sites for hydroxylation is 2. The summed E-state index contributed by atoms with van der Waals surface area (Å²) < 4.78 is 8.92. The van der Waals surface area contributed by atoms with Gasteiger partial charge in [0, 0.05) is 26.6 Å². The Hall–Kier alpha value is -1.26. The molecule has 1 aromatic heterocycles. The van der Waals surface area contributed by atoms with Crippen molar-refractivity contribution < 1.29 is 4.74 Å². The van der Waals surface area contributed by atoms with E-state index in [9.17, 15) is 4.79 Å². The van der Waals surface area contributed by atoms with Crippen molar-refractivity contribution in [3.63, 3.8) is 0 Å². The molecule has 2 heterocycles. The molecule has 0 spiro atoms. The summed E-state index contributed by atoms with van der Waals surface area (Å²) in [5.41, 5.74) is 2.90. The lowest BCUT2D eigenvalue weighted by molar-refractivity contribution is 0.105. The zero-order valence-electron chi connectivity index (χ0n) is 12.0. The number of hydrogen-bond acceptors (Lipinski definition) is 2. The van der Waals surface area contributed by atoms with Crippen LogP contribution in [0.4, 0.5) is 0 Å². The molecular formula is C15H19ClN2O2. The summed E-state index contributed by atoms with van der Waals surface area (Å²) in [6.07, 6.45) is 1.17. The highest BCUT2D eigenvalue weighted by atomic mass is 35.5. The molecule has 0 radical (unpaired) electrons. The van der Waals surface area contributed by atoms with Crippen molar-refractivity contribution in [2.75, 3.05) is 6.61 Å². The maximum atomic E-state index is 12.0. The van der Waals surface area contributed by atoms with E-state index in [4.69, 9.17) is 16.3 Å². The molecule has 5 heteroatoms. The Morgan fingerprint density at radius 1 is 1.30 bits per heavy atom. The lowest BCUT2D eigenvalue weighted by atomic mass is 9.93. The smallest absolute Gasteiger partial charge is 0.328 e. The maximum absolute atomic E-state index is 12.0. The van der Waals surface area contributed by atoms with Crippen LogP contribution in [0.2, 0.25) is 0 Å². The zero-order chi connectivity index (χ0) is 14.4. The van der Waals surface area contributed by atoms with Gasteiger partial charge in [0.25, 0.3) is 0 Å². The SMILES string of the molecule is CC1OCCC1C(Cl)c1ccc2c(c1)n(C)c(=O)n2C. The van der Waals surface area contributed by atoms with Gasteiger partial charge in [0.2, 0.25) is 0 Å². The highest BCUT2D eigenvalue weighted by Gasteiger charge is 2.31. The average molecular weight is 295 g/mol. The summed E-state index contributed by atoms with van der Waals surface area (Å²) in [6, 6.07) is 6.02. The van der Waals surface area contributed by atoms with E-state index < -0.39 is 0 Å². The second-order valence-electron chi connectivity index (χ2n) is 5.58. The molecular weight excluding hydrogens is 276 g/mol. The molecule has 0 amide bonds. The van der Waals surface area contributed by atoms with Gasteiger partial charge in [-0.05, 0) is 31.0 Å². The molecule has 3 unspecified atom stereocenters. The van der Waals surface area contributed by atoms with Crippen LogP contribution in [-0.2, 0) is 18.8 Å². The standard InChI is InChI=1S/C15H19ClN2O2/c1-9-11(6-7-20-9)14(16)10-4-5-12-13(8-10)18(3)15(19)17(12)2/h4-5,8-9,11,14H,6-7H2,1-3H3. The quantitative estimate of drug-likeness (QED) is 0.798. The van der Waals surface area contributed by atoms with Crippen LogP contribution in [0.25, 0.3) is 11.0 Å². The van der Waals surface area contributed by atoms with Crippen molar-refractivity contribution in [2.24, 2.45) is 20.0 Å². The summed E-state index contributed by atoms with van der Waals surface area (Å²) in [4.78, 5) is 12.0. The summed E-state index contributed by atoms with van der Waals surface area (Å²) in [6.45, 7) is 2.85. The first kappa shape index (κ1) is 13.7. The Kier molecular flexibility index (Phi) is 3.38. The molecule has 3 rings (SSSR count). The molecule has 1 aliphatic rings. The first-order chi connectivity index (χ1) is 9.50. The minimum absolute atomic E-state index is 0.0131. The fourth-order valence-corrected chi connectivity index (χ4v) is 3.54. The Morgan fingerprint density at radius 2 is 2.00 bits per heavy atom. The largest absolute Gasteiger partial charge is 0.378 e. The summed E-state index contributed by atoms with van der Waals surface area (Å²) >= 11 is 6.63. The van der Waals surface area contributed by atoms with E-state index in [-0.39, 0.29) is 17.2 Å². The zero-order valence-corrected chi connectivity index (χ0v) is 12.7. The first-order valence-electron chi connectivity index (χ1n) is 6.91. The molecule has 1 aromatic carbocycles. The third kappa shape index (κ3) is 1.98. The molecule has 2 aromatic rings. The third-order valence-electron chi connectivity index (χ3n) is 4.43. The van der Waals surface area contributed by atoms with Crippen LogP contribution in [0.5, 0.6) is 0 Å². The van der Waals surface area contributed by atoms with Gasteiger partial charge >= 0.3 is 5.69 Å². The van der Waals surface area contributed by atoms with E-state index in [1.165, 1.54) is 0 Å². The van der Waals surface area contributed by atoms with E-state index in [0.717, 1.165) is 29.6 Å². The molecule has 0 aliphatic carbocycles. The molecule has 108 valence electrons. The van der Waals surface area contributed by atoms with Crippen molar-refractivity contribution in [1.29, 1.82) is 0 Å². The molecule has 0 N–H and O–H groups in total. The predicted octanol–water partition coefficient (Wildman–Crippen LogP) is 2.58. The van der Waals surface area contributed by atoms with Crippen LogP contribution < -0.4 is 5.69 Å². The van der Waals surface area contributed by atoms with Crippen LogP contribution >= 0.6 is 11.6 Å². The molecule has 3 atom stereocenters. The number of nitrogens with zero attached hydrogens (tertiary/aromatic N) is 2. The highest BCUT2D eigenvalue weighted by molar-refractivity contribution is 6.21. The number of ether oxygens (including phenoxy) is 1. The van der Waals surface area contributed by atoms with Gasteiger partial charge in [0.05, 0.1) is 22.5 Å². The van der Waals surface area contributed by atoms with Crippen LogP contribution in [0.15, 0.2) is 23.0 Å². The van der Waals surface area contributed by atoms with Gasteiger partial charge < -0.3 is 4.74 Å². The van der Waals surface area contributed by atoms with Crippen molar-refractivity contribution in [3.05, 3.63) is 34.2 Å². The summed E-state index contributed by atoms with van der Waals surface area (Å²) in [5.74, 6) is 0.329. The van der Waals surface area contributed by atoms with E-state index in [1.54, 1.807) is 23.2 Å². The van der Waals surface area contributed by atoms with Crippen LogP contribution in [0, 0.1) is 5.92 Å². The number of benzene rings is 1. The molecule has 0 saturated carbocycles. The minimum atomic E-state index is -0.0767. The topological polar surface area (TPSA) is 36.2 Å². The second-order valence-corrected chi connectivity index (χ2v) is 6.05. The van der Waals surface area contributed by atoms with Crippen LogP contribution in [0.3, 0.4) is 0 Å².